The second kappa shape index (κ2) is 9.02. The van der Waals surface area contributed by atoms with Crippen LogP contribution < -0.4 is 4.90 Å². The van der Waals surface area contributed by atoms with E-state index in [9.17, 15) is 4.79 Å². The number of anilines is 2. The number of amides is 2. The summed E-state index contributed by atoms with van der Waals surface area (Å²) in [5, 5.41) is 0. The summed E-state index contributed by atoms with van der Waals surface area (Å²) in [6, 6.07) is 24.9. The van der Waals surface area contributed by atoms with Gasteiger partial charge in [0.2, 0.25) is 0 Å². The van der Waals surface area contributed by atoms with Gasteiger partial charge in [0.05, 0.1) is 23.1 Å². The molecule has 2 aromatic carbocycles. The topological polar surface area (TPSA) is 36.4 Å². The molecule has 3 rings (SSSR count). The predicted molar refractivity (Wildman–Crippen MR) is 108 cm³/mol. The molecule has 134 valence electrons. The zero-order valence-electron chi connectivity index (χ0n) is 14.8. The maximum Gasteiger partial charge on any atom is 0.329 e. The van der Waals surface area contributed by atoms with Crippen LogP contribution in [-0.4, -0.2) is 23.0 Å². The monoisotopic (exact) mass is 367 g/mol. The Labute approximate surface area is 160 Å². The molecule has 1 aromatic heterocycles. The SMILES string of the molecule is CC(c1ccccn1)N(C)C(=O)N(c1ccccc1)c1ccccc1.Cl. The molecule has 0 spiro atoms. The van der Waals surface area contributed by atoms with E-state index in [-0.39, 0.29) is 24.5 Å². The minimum Gasteiger partial charge on any atom is -0.319 e. The van der Waals surface area contributed by atoms with Crippen molar-refractivity contribution in [2.45, 2.75) is 13.0 Å². The maximum atomic E-state index is 13.3. The summed E-state index contributed by atoms with van der Waals surface area (Å²) < 4.78 is 0. The Morgan fingerprint density at radius 2 is 1.35 bits per heavy atom. The number of para-hydroxylation sites is 2. The molecule has 0 fully saturated rings. The Bertz CT molecular complexity index is 773. The highest BCUT2D eigenvalue weighted by Crippen LogP contribution is 2.28. The van der Waals surface area contributed by atoms with E-state index in [0.29, 0.717) is 0 Å². The third-order valence-electron chi connectivity index (χ3n) is 4.22. The number of urea groups is 1. The molecule has 0 bridgehead atoms. The van der Waals surface area contributed by atoms with E-state index in [4.69, 9.17) is 0 Å². The zero-order chi connectivity index (χ0) is 17.6. The van der Waals surface area contributed by atoms with Crippen LogP contribution >= 0.6 is 12.4 Å². The van der Waals surface area contributed by atoms with Crippen LogP contribution in [0, 0.1) is 0 Å². The largest absolute Gasteiger partial charge is 0.329 e. The van der Waals surface area contributed by atoms with E-state index in [1.807, 2.05) is 85.8 Å². The second-order valence-corrected chi connectivity index (χ2v) is 5.83. The number of hydrogen-bond acceptors (Lipinski definition) is 2. The van der Waals surface area contributed by atoms with Crippen LogP contribution in [0.25, 0.3) is 0 Å². The highest BCUT2D eigenvalue weighted by atomic mass is 35.5. The van der Waals surface area contributed by atoms with Gasteiger partial charge in [-0.3, -0.25) is 9.88 Å². The molecular formula is C21H22ClN3O. The summed E-state index contributed by atoms with van der Waals surface area (Å²) in [6.07, 6.45) is 1.75. The Balaban J connectivity index is 0.00000243. The van der Waals surface area contributed by atoms with Gasteiger partial charge in [0, 0.05) is 13.2 Å². The van der Waals surface area contributed by atoms with Crippen LogP contribution in [0.4, 0.5) is 16.2 Å². The molecule has 2 amide bonds. The van der Waals surface area contributed by atoms with Crippen molar-refractivity contribution in [3.05, 3.63) is 90.8 Å². The smallest absolute Gasteiger partial charge is 0.319 e. The average Bonchev–Trinajstić information content (AvgIpc) is 2.69. The summed E-state index contributed by atoms with van der Waals surface area (Å²) in [5.74, 6) is 0. The molecule has 3 aromatic rings. The second-order valence-electron chi connectivity index (χ2n) is 5.83. The summed E-state index contributed by atoms with van der Waals surface area (Å²) in [5.41, 5.74) is 2.52. The van der Waals surface area contributed by atoms with Crippen molar-refractivity contribution in [3.63, 3.8) is 0 Å². The molecular weight excluding hydrogens is 346 g/mol. The number of pyridine rings is 1. The van der Waals surface area contributed by atoms with Gasteiger partial charge < -0.3 is 4.90 Å². The van der Waals surface area contributed by atoms with Crippen molar-refractivity contribution in [2.24, 2.45) is 0 Å². The molecule has 5 heteroatoms. The van der Waals surface area contributed by atoms with Crippen molar-refractivity contribution < 1.29 is 4.79 Å². The van der Waals surface area contributed by atoms with Crippen molar-refractivity contribution in [1.29, 1.82) is 0 Å². The number of nitrogens with zero attached hydrogens (tertiary/aromatic N) is 3. The number of aromatic nitrogens is 1. The minimum absolute atomic E-state index is 0. The van der Waals surface area contributed by atoms with Gasteiger partial charge in [-0.05, 0) is 43.3 Å². The first kappa shape index (κ1) is 19.5. The van der Waals surface area contributed by atoms with Crippen LogP contribution in [0.3, 0.4) is 0 Å². The van der Waals surface area contributed by atoms with Crippen LogP contribution in [0.5, 0.6) is 0 Å². The maximum absolute atomic E-state index is 13.3. The fraction of sp³-hybridized carbons (Fsp3) is 0.143. The zero-order valence-corrected chi connectivity index (χ0v) is 15.6. The number of halogens is 1. The van der Waals surface area contributed by atoms with Gasteiger partial charge in [-0.25, -0.2) is 4.79 Å². The highest BCUT2D eigenvalue weighted by molar-refractivity contribution is 5.99. The van der Waals surface area contributed by atoms with Crippen LogP contribution in [0.1, 0.15) is 18.7 Å². The fourth-order valence-electron chi connectivity index (χ4n) is 2.67. The Kier molecular flexibility index (Phi) is 6.75. The standard InChI is InChI=1S/C21H21N3O.ClH/c1-17(20-15-9-10-16-22-20)23(2)21(25)24(18-11-5-3-6-12-18)19-13-7-4-8-14-19;/h3-17H,1-2H3;1H. The molecule has 4 nitrogen and oxygen atoms in total. The summed E-state index contributed by atoms with van der Waals surface area (Å²) in [7, 11) is 1.81. The summed E-state index contributed by atoms with van der Waals surface area (Å²) in [6.45, 7) is 1.98. The average molecular weight is 368 g/mol. The van der Waals surface area contributed by atoms with E-state index in [1.165, 1.54) is 0 Å². The molecule has 0 saturated heterocycles. The molecule has 0 saturated carbocycles. The van der Waals surface area contributed by atoms with Gasteiger partial charge in [0.25, 0.3) is 0 Å². The van der Waals surface area contributed by atoms with Gasteiger partial charge in [-0.2, -0.15) is 0 Å². The van der Waals surface area contributed by atoms with E-state index in [1.54, 1.807) is 23.0 Å². The first-order valence-corrected chi connectivity index (χ1v) is 8.26. The lowest BCUT2D eigenvalue weighted by Crippen LogP contribution is -2.40. The number of carbonyl (C=O) groups is 1. The molecule has 1 unspecified atom stereocenters. The first-order valence-electron chi connectivity index (χ1n) is 8.26. The number of hydrogen-bond donors (Lipinski definition) is 0. The summed E-state index contributed by atoms with van der Waals surface area (Å²) in [4.78, 5) is 21.1. The van der Waals surface area contributed by atoms with E-state index in [2.05, 4.69) is 4.98 Å². The molecule has 1 heterocycles. The molecule has 26 heavy (non-hydrogen) atoms. The molecule has 0 aliphatic carbocycles. The third kappa shape index (κ3) is 4.21. The van der Waals surface area contributed by atoms with E-state index >= 15 is 0 Å². The van der Waals surface area contributed by atoms with Crippen molar-refractivity contribution in [2.75, 3.05) is 11.9 Å². The van der Waals surface area contributed by atoms with Gasteiger partial charge in [-0.15, -0.1) is 12.4 Å². The number of rotatable bonds is 4. The number of benzene rings is 2. The van der Waals surface area contributed by atoms with E-state index in [0.717, 1.165) is 17.1 Å². The molecule has 0 aliphatic heterocycles. The molecule has 0 N–H and O–H groups in total. The summed E-state index contributed by atoms with van der Waals surface area (Å²) >= 11 is 0. The quantitative estimate of drug-likeness (QED) is 0.614. The molecule has 0 aliphatic rings. The lowest BCUT2D eigenvalue weighted by Gasteiger charge is -2.31. The lowest BCUT2D eigenvalue weighted by atomic mass is 10.2. The van der Waals surface area contributed by atoms with Crippen molar-refractivity contribution in [1.82, 2.24) is 9.88 Å². The van der Waals surface area contributed by atoms with Crippen molar-refractivity contribution >= 4 is 29.8 Å². The highest BCUT2D eigenvalue weighted by Gasteiger charge is 2.25. The molecule has 1 atom stereocenters. The van der Waals surface area contributed by atoms with Crippen LogP contribution in [0.15, 0.2) is 85.1 Å². The normalized spacial score (nSPS) is 11.2. The number of carbonyl (C=O) groups excluding carboxylic acids is 1. The van der Waals surface area contributed by atoms with Gasteiger partial charge in [0.15, 0.2) is 0 Å². The Morgan fingerprint density at radius 3 is 1.81 bits per heavy atom. The lowest BCUT2D eigenvalue weighted by molar-refractivity contribution is 0.203. The Hall–Kier alpha value is -2.85. The van der Waals surface area contributed by atoms with Gasteiger partial charge >= 0.3 is 6.03 Å². The Morgan fingerprint density at radius 1 is 0.846 bits per heavy atom. The van der Waals surface area contributed by atoms with Gasteiger partial charge in [0.1, 0.15) is 0 Å². The fourth-order valence-corrected chi connectivity index (χ4v) is 2.67. The predicted octanol–water partition coefficient (Wildman–Crippen LogP) is 5.45. The first-order chi connectivity index (χ1) is 12.2. The minimum atomic E-state index is -0.136. The van der Waals surface area contributed by atoms with E-state index < -0.39 is 0 Å². The molecule has 0 radical (unpaired) electrons. The van der Waals surface area contributed by atoms with Crippen LogP contribution in [0.2, 0.25) is 0 Å². The van der Waals surface area contributed by atoms with Crippen LogP contribution in [-0.2, 0) is 0 Å². The van der Waals surface area contributed by atoms with Gasteiger partial charge in [-0.1, -0.05) is 42.5 Å². The third-order valence-corrected chi connectivity index (χ3v) is 4.22. The van der Waals surface area contributed by atoms with Crippen molar-refractivity contribution in [3.8, 4) is 0 Å².